The maximum atomic E-state index is 11.6. The lowest BCUT2D eigenvalue weighted by atomic mass is 10.2. The van der Waals surface area contributed by atoms with Gasteiger partial charge >= 0.3 is 11.9 Å². The number of nitrogens with zero attached hydrogens (tertiary/aromatic N) is 2. The Hall–Kier alpha value is -3.30. The Morgan fingerprint density at radius 1 is 0.581 bits per heavy atom. The number of imide groups is 2. The van der Waals surface area contributed by atoms with Crippen LogP contribution in [0.4, 0.5) is 0 Å². The van der Waals surface area contributed by atoms with Crippen molar-refractivity contribution < 1.29 is 38.2 Å². The van der Waals surface area contributed by atoms with Gasteiger partial charge in [0.25, 0.3) is 23.6 Å². The molecule has 0 fully saturated rings. The third-order valence-electron chi connectivity index (χ3n) is 4.77. The average Bonchev–Trinajstić information content (AvgIpc) is 3.22. The molecule has 0 atom stereocenters. The van der Waals surface area contributed by atoms with Crippen LogP contribution in [-0.2, 0) is 38.2 Å². The van der Waals surface area contributed by atoms with Gasteiger partial charge in [-0.2, -0.15) is 0 Å². The largest absolute Gasteiger partial charge is 0.428 e. The van der Waals surface area contributed by atoms with Gasteiger partial charge in [-0.1, -0.05) is 12.8 Å². The third kappa shape index (κ3) is 8.15. The summed E-state index contributed by atoms with van der Waals surface area (Å²) in [5.41, 5.74) is 0. The Bertz CT molecular complexity index is 686. The first-order chi connectivity index (χ1) is 14.9. The van der Waals surface area contributed by atoms with E-state index in [0.29, 0.717) is 51.6 Å². The fraction of sp³-hybridized carbons (Fsp3) is 0.524. The molecule has 0 unspecified atom stereocenters. The lowest BCUT2D eigenvalue weighted by Crippen LogP contribution is -2.30. The minimum atomic E-state index is -0.489. The van der Waals surface area contributed by atoms with Crippen LogP contribution in [0.3, 0.4) is 0 Å². The van der Waals surface area contributed by atoms with Crippen molar-refractivity contribution in [3.63, 3.8) is 0 Å². The van der Waals surface area contributed by atoms with Gasteiger partial charge in [-0.05, 0) is 25.7 Å². The van der Waals surface area contributed by atoms with E-state index in [2.05, 4.69) is 0 Å². The standard InChI is InChI=1S/C21H26N2O8/c24-16-9-10-17(25)22(16)13-5-1-3-7-20(28)30-15-31-21(29)8-4-2-6-14-23-18(26)11-12-19(23)27/h9-12H,1-8,13-15H2. The number of hydrogen-bond acceptors (Lipinski definition) is 8. The zero-order valence-corrected chi connectivity index (χ0v) is 17.2. The van der Waals surface area contributed by atoms with Gasteiger partial charge in [0, 0.05) is 50.2 Å². The summed E-state index contributed by atoms with van der Waals surface area (Å²) in [4.78, 5) is 71.1. The van der Waals surface area contributed by atoms with Crippen molar-refractivity contribution in [1.82, 2.24) is 9.80 Å². The summed E-state index contributed by atoms with van der Waals surface area (Å²) in [6, 6.07) is 0. The fourth-order valence-corrected chi connectivity index (χ4v) is 3.04. The van der Waals surface area contributed by atoms with Gasteiger partial charge in [0.1, 0.15) is 0 Å². The molecule has 2 aliphatic rings. The van der Waals surface area contributed by atoms with Crippen LogP contribution in [0.2, 0.25) is 0 Å². The number of rotatable bonds is 14. The van der Waals surface area contributed by atoms with Crippen LogP contribution in [0.15, 0.2) is 24.3 Å². The highest BCUT2D eigenvalue weighted by Crippen LogP contribution is 2.09. The molecule has 31 heavy (non-hydrogen) atoms. The summed E-state index contributed by atoms with van der Waals surface area (Å²) in [6.45, 7) is 0.195. The molecule has 2 aliphatic heterocycles. The Balaban J connectivity index is 1.41. The maximum absolute atomic E-state index is 11.6. The normalized spacial score (nSPS) is 15.4. The predicted octanol–water partition coefficient (Wildman–Crippen LogP) is 1.00. The summed E-state index contributed by atoms with van der Waals surface area (Å²) in [7, 11) is 0. The second-order valence-corrected chi connectivity index (χ2v) is 7.09. The molecule has 168 valence electrons. The Labute approximate surface area is 179 Å². The molecule has 0 saturated carbocycles. The van der Waals surface area contributed by atoms with Gasteiger partial charge in [0.2, 0.25) is 6.79 Å². The molecule has 0 aromatic rings. The zero-order valence-electron chi connectivity index (χ0n) is 17.2. The maximum Gasteiger partial charge on any atom is 0.308 e. The number of amides is 4. The monoisotopic (exact) mass is 434 g/mol. The van der Waals surface area contributed by atoms with E-state index in [-0.39, 0.29) is 36.5 Å². The van der Waals surface area contributed by atoms with Crippen LogP contribution < -0.4 is 0 Å². The van der Waals surface area contributed by atoms with Crippen LogP contribution in [0.1, 0.15) is 51.4 Å². The molecule has 0 bridgehead atoms. The first-order valence-corrected chi connectivity index (χ1v) is 10.3. The summed E-state index contributed by atoms with van der Waals surface area (Å²) in [6.07, 6.45) is 8.80. The molecule has 0 spiro atoms. The summed E-state index contributed by atoms with van der Waals surface area (Å²) < 4.78 is 9.69. The number of carbonyl (C=O) groups is 6. The molecule has 4 amide bonds. The van der Waals surface area contributed by atoms with Crippen LogP contribution in [0.5, 0.6) is 0 Å². The highest BCUT2D eigenvalue weighted by molar-refractivity contribution is 6.13. The molecule has 2 rings (SSSR count). The van der Waals surface area contributed by atoms with Gasteiger partial charge in [-0.25, -0.2) is 0 Å². The van der Waals surface area contributed by atoms with Crippen LogP contribution >= 0.6 is 0 Å². The minimum absolute atomic E-state index is 0.153. The van der Waals surface area contributed by atoms with E-state index in [1.165, 1.54) is 24.3 Å². The number of unbranched alkanes of at least 4 members (excludes halogenated alkanes) is 4. The highest BCUT2D eigenvalue weighted by atomic mass is 16.7. The zero-order chi connectivity index (χ0) is 22.6. The molecular formula is C21H26N2O8. The Kier molecular flexibility index (Phi) is 9.60. The minimum Gasteiger partial charge on any atom is -0.428 e. The first-order valence-electron chi connectivity index (χ1n) is 10.3. The fourth-order valence-electron chi connectivity index (χ4n) is 3.04. The average molecular weight is 434 g/mol. The van der Waals surface area contributed by atoms with Crippen LogP contribution in [0.25, 0.3) is 0 Å². The quantitative estimate of drug-likeness (QED) is 0.171. The summed E-state index contributed by atoms with van der Waals surface area (Å²) >= 11 is 0. The van der Waals surface area contributed by atoms with Gasteiger partial charge in [0.15, 0.2) is 0 Å². The van der Waals surface area contributed by atoms with Crippen molar-refractivity contribution >= 4 is 35.6 Å². The topological polar surface area (TPSA) is 127 Å². The lowest BCUT2D eigenvalue weighted by Gasteiger charge is -2.13. The first kappa shape index (κ1) is 24.0. The van der Waals surface area contributed by atoms with Crippen molar-refractivity contribution in [2.24, 2.45) is 0 Å². The van der Waals surface area contributed by atoms with E-state index >= 15 is 0 Å². The molecular weight excluding hydrogens is 408 g/mol. The van der Waals surface area contributed by atoms with Crippen molar-refractivity contribution in [1.29, 1.82) is 0 Å². The molecule has 0 aliphatic carbocycles. The number of ether oxygens (including phenoxy) is 2. The van der Waals surface area contributed by atoms with E-state index < -0.39 is 18.7 Å². The lowest BCUT2D eigenvalue weighted by molar-refractivity contribution is -0.167. The Morgan fingerprint density at radius 3 is 1.29 bits per heavy atom. The van der Waals surface area contributed by atoms with Crippen molar-refractivity contribution in [2.45, 2.75) is 51.4 Å². The third-order valence-corrected chi connectivity index (χ3v) is 4.77. The van der Waals surface area contributed by atoms with E-state index in [9.17, 15) is 28.8 Å². The van der Waals surface area contributed by atoms with E-state index in [1.807, 2.05) is 0 Å². The van der Waals surface area contributed by atoms with E-state index in [1.54, 1.807) is 0 Å². The van der Waals surface area contributed by atoms with Crippen LogP contribution in [-0.4, -0.2) is 65.2 Å². The Morgan fingerprint density at radius 2 is 0.935 bits per heavy atom. The molecule has 10 nitrogen and oxygen atoms in total. The molecule has 0 aromatic heterocycles. The van der Waals surface area contributed by atoms with Gasteiger partial charge in [0.05, 0.1) is 0 Å². The molecule has 2 heterocycles. The highest BCUT2D eigenvalue weighted by Gasteiger charge is 2.23. The van der Waals surface area contributed by atoms with E-state index in [4.69, 9.17) is 9.47 Å². The predicted molar refractivity (Wildman–Crippen MR) is 106 cm³/mol. The smallest absolute Gasteiger partial charge is 0.308 e. The van der Waals surface area contributed by atoms with Crippen LogP contribution in [0, 0.1) is 0 Å². The van der Waals surface area contributed by atoms with Gasteiger partial charge in [-0.3, -0.25) is 38.6 Å². The summed E-state index contributed by atoms with van der Waals surface area (Å²) in [5, 5.41) is 0. The molecule has 10 heteroatoms. The van der Waals surface area contributed by atoms with Crippen molar-refractivity contribution in [3.8, 4) is 0 Å². The molecule has 0 radical (unpaired) electrons. The number of hydrogen-bond donors (Lipinski definition) is 0. The molecule has 0 saturated heterocycles. The van der Waals surface area contributed by atoms with E-state index in [0.717, 1.165) is 9.80 Å². The molecule has 0 N–H and O–H groups in total. The van der Waals surface area contributed by atoms with Crippen molar-refractivity contribution in [3.05, 3.63) is 24.3 Å². The van der Waals surface area contributed by atoms with Crippen molar-refractivity contribution in [2.75, 3.05) is 19.9 Å². The SMILES string of the molecule is O=C(CCCCCN1C(=O)C=CC1=O)OCOC(=O)CCCCCN1C(=O)C=CC1=O. The second-order valence-electron chi connectivity index (χ2n) is 7.09. The second kappa shape index (κ2) is 12.4. The molecule has 0 aromatic carbocycles. The summed E-state index contributed by atoms with van der Waals surface area (Å²) in [5.74, 6) is -2.26. The van der Waals surface area contributed by atoms with Gasteiger partial charge in [-0.15, -0.1) is 0 Å². The number of carbonyl (C=O) groups excluding carboxylic acids is 6. The number of esters is 2. The van der Waals surface area contributed by atoms with Gasteiger partial charge < -0.3 is 9.47 Å².